The lowest BCUT2D eigenvalue weighted by molar-refractivity contribution is -0.137. The van der Waals surface area contributed by atoms with Crippen molar-refractivity contribution in [2.24, 2.45) is 0 Å². The smallest absolute Gasteiger partial charge is 0.332 e. The Balaban J connectivity index is 2.02. The summed E-state index contributed by atoms with van der Waals surface area (Å²) in [5, 5.41) is 11.2. The third-order valence-corrected chi connectivity index (χ3v) is 2.48. The fourth-order valence-electron chi connectivity index (χ4n) is 1.65. The van der Waals surface area contributed by atoms with Crippen LogP contribution in [-0.2, 0) is 9.53 Å². The zero-order valence-electron chi connectivity index (χ0n) is 11.4. The number of anilines is 1. The summed E-state index contributed by atoms with van der Waals surface area (Å²) in [7, 11) is 0. The van der Waals surface area contributed by atoms with Gasteiger partial charge in [-0.25, -0.2) is 4.79 Å². The number of hydrogen-bond acceptors (Lipinski definition) is 5. The number of carbonyl (C=O) groups is 1. The van der Waals surface area contributed by atoms with Crippen LogP contribution in [0.3, 0.4) is 0 Å². The first-order chi connectivity index (χ1) is 9.69. The summed E-state index contributed by atoms with van der Waals surface area (Å²) in [5.41, 5.74) is 2.46. The average Bonchev–Trinajstić information content (AvgIpc) is 2.93. The lowest BCUT2D eigenvalue weighted by Gasteiger charge is -2.07. The lowest BCUT2D eigenvalue weighted by Crippen LogP contribution is -2.04. The van der Waals surface area contributed by atoms with Crippen molar-refractivity contribution in [2.45, 2.75) is 13.8 Å². The fraction of sp³-hybridized carbons (Fsp3) is 0.214. The van der Waals surface area contributed by atoms with Crippen LogP contribution in [0.2, 0.25) is 0 Å². The van der Waals surface area contributed by atoms with E-state index in [1.807, 2.05) is 24.3 Å². The molecule has 1 N–H and O–H groups in total. The van der Waals surface area contributed by atoms with Gasteiger partial charge >= 0.3 is 5.97 Å². The summed E-state index contributed by atoms with van der Waals surface area (Å²) in [4.78, 5) is 12.8. The van der Waals surface area contributed by atoms with Crippen molar-refractivity contribution in [3.05, 3.63) is 48.4 Å². The number of hydrogen-bond donors (Lipinski definition) is 1. The van der Waals surface area contributed by atoms with Crippen molar-refractivity contribution in [3.8, 4) is 5.69 Å². The molecule has 6 nitrogen and oxygen atoms in total. The van der Waals surface area contributed by atoms with Gasteiger partial charge in [0.15, 0.2) is 0 Å². The topological polar surface area (TPSA) is 69.0 Å². The molecule has 0 fully saturated rings. The first-order valence-electron chi connectivity index (χ1n) is 6.28. The van der Waals surface area contributed by atoms with Crippen LogP contribution in [0.25, 0.3) is 5.69 Å². The van der Waals surface area contributed by atoms with E-state index in [-0.39, 0.29) is 5.97 Å². The van der Waals surface area contributed by atoms with E-state index in [0.717, 1.165) is 11.4 Å². The van der Waals surface area contributed by atoms with Gasteiger partial charge in [0.25, 0.3) is 0 Å². The summed E-state index contributed by atoms with van der Waals surface area (Å²) >= 11 is 0. The summed E-state index contributed by atoms with van der Waals surface area (Å²) in [6.07, 6.45) is 4.67. The molecule has 1 aromatic heterocycles. The Kier molecular flexibility index (Phi) is 4.49. The molecule has 2 aromatic rings. The van der Waals surface area contributed by atoms with E-state index in [4.69, 9.17) is 4.74 Å². The quantitative estimate of drug-likeness (QED) is 0.667. The van der Waals surface area contributed by atoms with Crippen LogP contribution in [0.15, 0.2) is 48.4 Å². The highest BCUT2D eigenvalue weighted by Crippen LogP contribution is 2.13. The molecular formula is C14H16N4O2. The zero-order valence-corrected chi connectivity index (χ0v) is 11.4. The second-order valence-electron chi connectivity index (χ2n) is 4.07. The van der Waals surface area contributed by atoms with Gasteiger partial charge in [0.2, 0.25) is 0 Å². The van der Waals surface area contributed by atoms with Crippen LogP contribution in [0.1, 0.15) is 13.8 Å². The van der Waals surface area contributed by atoms with Crippen molar-refractivity contribution in [1.29, 1.82) is 0 Å². The number of nitrogens with one attached hydrogen (secondary N) is 1. The van der Waals surface area contributed by atoms with Crippen LogP contribution in [0.5, 0.6) is 0 Å². The molecule has 1 aromatic carbocycles. The van der Waals surface area contributed by atoms with Gasteiger partial charge in [-0.2, -0.15) is 15.0 Å². The SMILES string of the molecule is CCOC(=O)C=C(C)Nc1ccc(-n2nccn2)cc1. The van der Waals surface area contributed by atoms with Gasteiger partial charge in [-0.1, -0.05) is 0 Å². The van der Waals surface area contributed by atoms with Crippen molar-refractivity contribution >= 4 is 11.7 Å². The third kappa shape index (κ3) is 3.68. The Morgan fingerprint density at radius 2 is 1.95 bits per heavy atom. The Labute approximate surface area is 117 Å². The average molecular weight is 272 g/mol. The number of carbonyl (C=O) groups excluding carboxylic acids is 1. The number of aromatic nitrogens is 3. The second-order valence-corrected chi connectivity index (χ2v) is 4.07. The van der Waals surface area contributed by atoms with Gasteiger partial charge in [-0.15, -0.1) is 0 Å². The van der Waals surface area contributed by atoms with E-state index >= 15 is 0 Å². The van der Waals surface area contributed by atoms with Crippen molar-refractivity contribution in [1.82, 2.24) is 15.0 Å². The summed E-state index contributed by atoms with van der Waals surface area (Å²) in [5.74, 6) is -0.352. The number of esters is 1. The van der Waals surface area contributed by atoms with E-state index in [1.54, 1.807) is 26.2 Å². The third-order valence-electron chi connectivity index (χ3n) is 2.48. The Morgan fingerprint density at radius 3 is 2.55 bits per heavy atom. The largest absolute Gasteiger partial charge is 0.463 e. The summed E-state index contributed by atoms with van der Waals surface area (Å²) in [6, 6.07) is 7.56. The summed E-state index contributed by atoms with van der Waals surface area (Å²) in [6.45, 7) is 3.95. The molecule has 20 heavy (non-hydrogen) atoms. The normalized spacial score (nSPS) is 11.2. The van der Waals surface area contributed by atoms with E-state index in [1.165, 1.54) is 10.9 Å². The molecule has 1 heterocycles. The van der Waals surface area contributed by atoms with Crippen LogP contribution < -0.4 is 5.32 Å². The van der Waals surface area contributed by atoms with E-state index < -0.39 is 0 Å². The van der Waals surface area contributed by atoms with Crippen LogP contribution >= 0.6 is 0 Å². The van der Waals surface area contributed by atoms with Crippen molar-refractivity contribution < 1.29 is 9.53 Å². The molecule has 0 amide bonds. The van der Waals surface area contributed by atoms with Crippen molar-refractivity contribution in [2.75, 3.05) is 11.9 Å². The molecule has 0 radical (unpaired) electrons. The van der Waals surface area contributed by atoms with Gasteiger partial charge in [0, 0.05) is 17.5 Å². The number of ether oxygens (including phenoxy) is 1. The number of benzene rings is 1. The molecule has 0 aliphatic rings. The summed E-state index contributed by atoms with van der Waals surface area (Å²) < 4.78 is 4.84. The van der Waals surface area contributed by atoms with Gasteiger partial charge in [0.1, 0.15) is 0 Å². The predicted molar refractivity (Wildman–Crippen MR) is 75.4 cm³/mol. The maximum Gasteiger partial charge on any atom is 0.332 e. The minimum absolute atomic E-state index is 0.352. The minimum atomic E-state index is -0.352. The number of nitrogens with zero attached hydrogens (tertiary/aromatic N) is 3. The Morgan fingerprint density at radius 1 is 1.30 bits per heavy atom. The zero-order chi connectivity index (χ0) is 14.4. The molecule has 104 valence electrons. The molecule has 0 unspecified atom stereocenters. The second kappa shape index (κ2) is 6.51. The van der Waals surface area contributed by atoms with E-state index in [9.17, 15) is 4.79 Å². The van der Waals surface area contributed by atoms with E-state index in [2.05, 4.69) is 15.5 Å². The molecule has 0 aliphatic heterocycles. The fourth-order valence-corrected chi connectivity index (χ4v) is 1.65. The first kappa shape index (κ1) is 13.8. The molecule has 0 atom stereocenters. The number of rotatable bonds is 5. The Bertz CT molecular complexity index is 588. The van der Waals surface area contributed by atoms with Crippen LogP contribution in [0.4, 0.5) is 5.69 Å². The Hall–Kier alpha value is -2.63. The number of allylic oxidation sites excluding steroid dienone is 1. The standard InChI is InChI=1S/C14H16N4O2/c1-3-20-14(19)10-11(2)17-12-4-6-13(7-5-12)18-15-8-9-16-18/h4-10,17H,3H2,1-2H3. The molecule has 0 saturated carbocycles. The highest BCUT2D eigenvalue weighted by atomic mass is 16.5. The minimum Gasteiger partial charge on any atom is -0.463 e. The molecule has 0 spiro atoms. The predicted octanol–water partition coefficient (Wildman–Crippen LogP) is 2.15. The molecule has 2 rings (SSSR count). The maximum atomic E-state index is 11.3. The van der Waals surface area contributed by atoms with Gasteiger partial charge in [-0.05, 0) is 38.1 Å². The molecule has 6 heteroatoms. The van der Waals surface area contributed by atoms with Crippen molar-refractivity contribution in [3.63, 3.8) is 0 Å². The maximum absolute atomic E-state index is 11.3. The highest BCUT2D eigenvalue weighted by molar-refractivity contribution is 5.83. The molecular weight excluding hydrogens is 256 g/mol. The van der Waals surface area contributed by atoms with Crippen LogP contribution in [-0.4, -0.2) is 27.6 Å². The monoisotopic (exact) mass is 272 g/mol. The molecule has 0 bridgehead atoms. The van der Waals surface area contributed by atoms with E-state index in [0.29, 0.717) is 12.3 Å². The highest BCUT2D eigenvalue weighted by Gasteiger charge is 2.00. The van der Waals surface area contributed by atoms with Crippen LogP contribution in [0, 0.1) is 0 Å². The lowest BCUT2D eigenvalue weighted by atomic mass is 10.2. The first-order valence-corrected chi connectivity index (χ1v) is 6.28. The van der Waals surface area contributed by atoms with Gasteiger partial charge < -0.3 is 10.1 Å². The molecule has 0 aliphatic carbocycles. The van der Waals surface area contributed by atoms with Gasteiger partial charge in [0.05, 0.1) is 24.7 Å². The molecule has 0 saturated heterocycles. The van der Waals surface area contributed by atoms with Gasteiger partial charge in [-0.3, -0.25) is 0 Å².